The lowest BCUT2D eigenvalue weighted by molar-refractivity contribution is -0.111. The van der Waals surface area contributed by atoms with E-state index in [1.54, 1.807) is 18.2 Å². The van der Waals surface area contributed by atoms with Gasteiger partial charge in [0.25, 0.3) is 0 Å². The lowest BCUT2D eigenvalue weighted by Crippen LogP contribution is -2.27. The van der Waals surface area contributed by atoms with Crippen LogP contribution in [0, 0.1) is 0 Å². The molecule has 1 aromatic heterocycles. The Balaban J connectivity index is 1.95. The molecule has 1 aliphatic rings. The lowest BCUT2D eigenvalue weighted by atomic mass is 10.3. The molecule has 0 radical (unpaired) electrons. The van der Waals surface area contributed by atoms with Gasteiger partial charge in [0.1, 0.15) is 0 Å². The molecule has 0 unspecified atom stereocenters. The van der Waals surface area contributed by atoms with E-state index in [4.69, 9.17) is 0 Å². The number of hydrogen-bond donors (Lipinski definition) is 1. The van der Waals surface area contributed by atoms with Gasteiger partial charge in [0.2, 0.25) is 15.9 Å². The second-order valence-electron chi connectivity index (χ2n) is 4.95. The fraction of sp³-hybridized carbons (Fsp3) is 0.286. The van der Waals surface area contributed by atoms with Crippen molar-refractivity contribution in [1.82, 2.24) is 9.29 Å². The van der Waals surface area contributed by atoms with Crippen LogP contribution in [-0.4, -0.2) is 36.7 Å². The molecule has 0 spiro atoms. The number of aromatic nitrogens is 1. The summed E-state index contributed by atoms with van der Waals surface area (Å²) in [5, 5.41) is 3.01. The lowest BCUT2D eigenvalue weighted by Gasteiger charge is -2.15. The van der Waals surface area contributed by atoms with Gasteiger partial charge in [-0.1, -0.05) is 17.9 Å². The fourth-order valence-corrected chi connectivity index (χ4v) is 4.88. The molecule has 1 amide bonds. The summed E-state index contributed by atoms with van der Waals surface area (Å²) in [7, 11) is -3.44. The molecule has 0 aliphatic carbocycles. The standard InChI is InChI=1S/C14H15N3O3S2/c1-2-13(18)16-14-15-11-6-5-10(9-12(11)21-14)22(19,20)17-7-3-4-8-17/h2,5-6,9H,1,3-4,7-8H2,(H,15,16,18). The van der Waals surface area contributed by atoms with E-state index in [1.807, 2.05) is 0 Å². The first-order valence-corrected chi connectivity index (χ1v) is 9.10. The van der Waals surface area contributed by atoms with Crippen molar-refractivity contribution >= 4 is 42.6 Å². The van der Waals surface area contributed by atoms with Crippen LogP contribution >= 0.6 is 11.3 Å². The Kier molecular flexibility index (Phi) is 3.98. The molecule has 1 saturated heterocycles. The maximum absolute atomic E-state index is 12.5. The first-order valence-electron chi connectivity index (χ1n) is 6.85. The van der Waals surface area contributed by atoms with Gasteiger partial charge >= 0.3 is 0 Å². The van der Waals surface area contributed by atoms with Gasteiger partial charge in [0.15, 0.2) is 5.13 Å². The summed E-state index contributed by atoms with van der Waals surface area (Å²) in [6.07, 6.45) is 2.97. The van der Waals surface area contributed by atoms with Crippen molar-refractivity contribution in [3.63, 3.8) is 0 Å². The number of thiazole rings is 1. The SMILES string of the molecule is C=CC(=O)Nc1nc2ccc(S(=O)(=O)N3CCCC3)cc2s1. The predicted molar refractivity (Wildman–Crippen MR) is 86.4 cm³/mol. The molecule has 116 valence electrons. The van der Waals surface area contributed by atoms with Crippen LogP contribution in [0.25, 0.3) is 10.2 Å². The number of sulfonamides is 1. The zero-order valence-electron chi connectivity index (χ0n) is 11.8. The quantitative estimate of drug-likeness (QED) is 0.868. The van der Waals surface area contributed by atoms with E-state index in [0.29, 0.717) is 23.7 Å². The van der Waals surface area contributed by atoms with E-state index in [0.717, 1.165) is 23.6 Å². The van der Waals surface area contributed by atoms with E-state index in [9.17, 15) is 13.2 Å². The van der Waals surface area contributed by atoms with Gasteiger partial charge in [-0.3, -0.25) is 10.1 Å². The van der Waals surface area contributed by atoms with Gasteiger partial charge in [0.05, 0.1) is 15.1 Å². The summed E-state index contributed by atoms with van der Waals surface area (Å²) in [6.45, 7) is 4.53. The Hall–Kier alpha value is -1.77. The predicted octanol–water partition coefficient (Wildman–Crippen LogP) is 2.21. The number of carbonyl (C=O) groups is 1. The number of nitrogens with one attached hydrogen (secondary N) is 1. The van der Waals surface area contributed by atoms with Gasteiger partial charge < -0.3 is 0 Å². The van der Waals surface area contributed by atoms with Gasteiger partial charge in [-0.15, -0.1) is 0 Å². The Morgan fingerprint density at radius 1 is 1.36 bits per heavy atom. The second kappa shape index (κ2) is 5.79. The molecule has 1 aromatic carbocycles. The molecule has 22 heavy (non-hydrogen) atoms. The number of fused-ring (bicyclic) bond motifs is 1. The fourth-order valence-electron chi connectivity index (χ4n) is 2.35. The highest BCUT2D eigenvalue weighted by Crippen LogP contribution is 2.30. The number of rotatable bonds is 4. The summed E-state index contributed by atoms with van der Waals surface area (Å²) < 4.78 is 27.3. The van der Waals surface area contributed by atoms with Crippen molar-refractivity contribution in [3.05, 3.63) is 30.9 Å². The highest BCUT2D eigenvalue weighted by Gasteiger charge is 2.27. The zero-order chi connectivity index (χ0) is 15.7. The molecule has 1 N–H and O–H groups in total. The van der Waals surface area contributed by atoms with Gasteiger partial charge in [0, 0.05) is 13.1 Å². The van der Waals surface area contributed by atoms with E-state index < -0.39 is 10.0 Å². The van der Waals surface area contributed by atoms with E-state index in [-0.39, 0.29) is 10.8 Å². The van der Waals surface area contributed by atoms with Gasteiger partial charge in [-0.2, -0.15) is 4.31 Å². The first kappa shape index (κ1) is 15.1. The number of anilines is 1. The summed E-state index contributed by atoms with van der Waals surface area (Å²) in [6, 6.07) is 4.84. The normalized spacial score (nSPS) is 16.0. The van der Waals surface area contributed by atoms with Crippen molar-refractivity contribution < 1.29 is 13.2 Å². The van der Waals surface area contributed by atoms with Gasteiger partial charge in [-0.25, -0.2) is 13.4 Å². The summed E-state index contributed by atoms with van der Waals surface area (Å²) in [4.78, 5) is 15.8. The molecular formula is C14H15N3O3S2. The molecule has 3 rings (SSSR count). The zero-order valence-corrected chi connectivity index (χ0v) is 13.4. The monoisotopic (exact) mass is 337 g/mol. The Labute approximate surface area is 132 Å². The van der Waals surface area contributed by atoms with Crippen LogP contribution in [0.4, 0.5) is 5.13 Å². The van der Waals surface area contributed by atoms with Crippen molar-refractivity contribution in [2.75, 3.05) is 18.4 Å². The van der Waals surface area contributed by atoms with Crippen LogP contribution in [0.5, 0.6) is 0 Å². The topological polar surface area (TPSA) is 79.4 Å². The number of benzene rings is 1. The molecule has 2 heterocycles. The average Bonchev–Trinajstić information content (AvgIpc) is 3.15. The van der Waals surface area contributed by atoms with Crippen molar-refractivity contribution in [2.45, 2.75) is 17.7 Å². The Morgan fingerprint density at radius 3 is 2.77 bits per heavy atom. The molecule has 0 bridgehead atoms. The minimum Gasteiger partial charge on any atom is -0.298 e. The molecule has 0 saturated carbocycles. The van der Waals surface area contributed by atoms with E-state index in [1.165, 1.54) is 15.6 Å². The maximum atomic E-state index is 12.5. The van der Waals surface area contributed by atoms with Crippen LogP contribution in [0.15, 0.2) is 35.7 Å². The summed E-state index contributed by atoms with van der Waals surface area (Å²) >= 11 is 1.24. The minimum absolute atomic E-state index is 0.271. The molecule has 1 fully saturated rings. The second-order valence-corrected chi connectivity index (χ2v) is 7.92. The van der Waals surface area contributed by atoms with Crippen molar-refractivity contribution in [1.29, 1.82) is 0 Å². The van der Waals surface area contributed by atoms with Crippen LogP contribution in [0.1, 0.15) is 12.8 Å². The van der Waals surface area contributed by atoms with Crippen LogP contribution < -0.4 is 5.32 Å². The summed E-state index contributed by atoms with van der Waals surface area (Å²) in [5.41, 5.74) is 0.657. The Morgan fingerprint density at radius 2 is 2.09 bits per heavy atom. The van der Waals surface area contributed by atoms with Gasteiger partial charge in [-0.05, 0) is 37.1 Å². The van der Waals surface area contributed by atoms with Crippen molar-refractivity contribution in [3.8, 4) is 0 Å². The molecule has 6 nitrogen and oxygen atoms in total. The third-order valence-electron chi connectivity index (χ3n) is 3.48. The van der Waals surface area contributed by atoms with E-state index in [2.05, 4.69) is 16.9 Å². The van der Waals surface area contributed by atoms with Crippen LogP contribution in [-0.2, 0) is 14.8 Å². The third kappa shape index (κ3) is 2.77. The molecule has 8 heteroatoms. The van der Waals surface area contributed by atoms with Crippen LogP contribution in [0.2, 0.25) is 0 Å². The van der Waals surface area contributed by atoms with Crippen molar-refractivity contribution in [2.24, 2.45) is 0 Å². The Bertz CT molecular complexity index is 836. The minimum atomic E-state index is -3.44. The summed E-state index contributed by atoms with van der Waals surface area (Å²) in [5.74, 6) is -0.344. The molecule has 2 aromatic rings. The first-order chi connectivity index (χ1) is 10.5. The number of nitrogens with zero attached hydrogens (tertiary/aromatic N) is 2. The third-order valence-corrected chi connectivity index (χ3v) is 6.31. The highest BCUT2D eigenvalue weighted by atomic mass is 32.2. The smallest absolute Gasteiger partial charge is 0.249 e. The maximum Gasteiger partial charge on any atom is 0.249 e. The largest absolute Gasteiger partial charge is 0.298 e. The van der Waals surface area contributed by atoms with E-state index >= 15 is 0 Å². The average molecular weight is 337 g/mol. The number of hydrogen-bond acceptors (Lipinski definition) is 5. The van der Waals surface area contributed by atoms with Crippen LogP contribution in [0.3, 0.4) is 0 Å². The highest BCUT2D eigenvalue weighted by molar-refractivity contribution is 7.89. The molecule has 1 aliphatic heterocycles. The molecule has 0 atom stereocenters. The number of carbonyl (C=O) groups excluding carboxylic acids is 1. The number of amides is 1. The molecular weight excluding hydrogens is 322 g/mol.